The van der Waals surface area contributed by atoms with E-state index in [0.29, 0.717) is 12.0 Å². The van der Waals surface area contributed by atoms with Crippen LogP contribution in [-0.2, 0) is 0 Å². The Morgan fingerprint density at radius 1 is 1.06 bits per heavy atom. The minimum absolute atomic E-state index is 0.458. The van der Waals surface area contributed by atoms with Gasteiger partial charge in [-0.25, -0.2) is 0 Å². The zero-order valence-electron chi connectivity index (χ0n) is 10.9. The lowest BCUT2D eigenvalue weighted by Crippen LogP contribution is -2.32. The zero-order valence-corrected chi connectivity index (χ0v) is 10.9. The molecule has 0 saturated carbocycles. The first kappa shape index (κ1) is 13.2. The summed E-state index contributed by atoms with van der Waals surface area (Å²) in [6.45, 7) is 6.56. The molecule has 0 aliphatic carbocycles. The summed E-state index contributed by atoms with van der Waals surface area (Å²) < 4.78 is 0. The van der Waals surface area contributed by atoms with Crippen LogP contribution in [0.3, 0.4) is 0 Å². The van der Waals surface area contributed by atoms with E-state index in [1.54, 1.807) is 0 Å². The highest BCUT2D eigenvalue weighted by Crippen LogP contribution is 2.16. The largest absolute Gasteiger partial charge is 0.315 e. The molecule has 2 heteroatoms. The fourth-order valence-corrected chi connectivity index (χ4v) is 1.78. The van der Waals surface area contributed by atoms with E-state index in [1.165, 1.54) is 5.56 Å². The topological polar surface area (TPSA) is 15.3 Å². The van der Waals surface area contributed by atoms with E-state index in [1.807, 2.05) is 0 Å². The molecule has 0 aromatic heterocycles. The molecule has 0 aliphatic heterocycles. The monoisotopic (exact) mass is 220 g/mol. The SMILES string of the molecule is CC(C)CNCC(c1ccccc1)N(C)C. The lowest BCUT2D eigenvalue weighted by Gasteiger charge is -2.25. The molecule has 1 atom stereocenters. The molecule has 0 fully saturated rings. The van der Waals surface area contributed by atoms with Crippen LogP contribution in [0.25, 0.3) is 0 Å². The van der Waals surface area contributed by atoms with E-state index in [-0.39, 0.29) is 0 Å². The number of nitrogens with zero attached hydrogens (tertiary/aromatic N) is 1. The average Bonchev–Trinajstić information content (AvgIpc) is 2.25. The zero-order chi connectivity index (χ0) is 12.0. The summed E-state index contributed by atoms with van der Waals surface area (Å²) in [7, 11) is 4.27. The van der Waals surface area contributed by atoms with E-state index >= 15 is 0 Å². The van der Waals surface area contributed by atoms with Crippen LogP contribution in [0, 0.1) is 5.92 Å². The van der Waals surface area contributed by atoms with Crippen molar-refractivity contribution in [2.75, 3.05) is 27.2 Å². The third-order valence-corrected chi connectivity index (χ3v) is 2.70. The molecule has 1 N–H and O–H groups in total. The fourth-order valence-electron chi connectivity index (χ4n) is 1.78. The number of rotatable bonds is 6. The van der Waals surface area contributed by atoms with Gasteiger partial charge in [0.1, 0.15) is 0 Å². The second-order valence-corrected chi connectivity index (χ2v) is 4.94. The van der Waals surface area contributed by atoms with Crippen LogP contribution >= 0.6 is 0 Å². The normalized spacial score (nSPS) is 13.4. The minimum atomic E-state index is 0.458. The molecule has 1 aromatic rings. The molecular weight excluding hydrogens is 196 g/mol. The van der Waals surface area contributed by atoms with Crippen LogP contribution in [0.1, 0.15) is 25.5 Å². The van der Waals surface area contributed by atoms with Gasteiger partial charge in [-0.05, 0) is 32.1 Å². The summed E-state index contributed by atoms with van der Waals surface area (Å²) >= 11 is 0. The van der Waals surface area contributed by atoms with Crippen molar-refractivity contribution in [2.24, 2.45) is 5.92 Å². The third-order valence-electron chi connectivity index (χ3n) is 2.70. The first-order valence-corrected chi connectivity index (χ1v) is 6.03. The first-order chi connectivity index (χ1) is 7.61. The number of hydrogen-bond acceptors (Lipinski definition) is 2. The van der Waals surface area contributed by atoms with Crippen molar-refractivity contribution in [3.8, 4) is 0 Å². The minimum Gasteiger partial charge on any atom is -0.315 e. The van der Waals surface area contributed by atoms with Crippen molar-refractivity contribution in [3.05, 3.63) is 35.9 Å². The van der Waals surface area contributed by atoms with Gasteiger partial charge < -0.3 is 10.2 Å². The first-order valence-electron chi connectivity index (χ1n) is 6.03. The van der Waals surface area contributed by atoms with Crippen molar-refractivity contribution in [1.82, 2.24) is 10.2 Å². The summed E-state index contributed by atoms with van der Waals surface area (Å²) in [6.07, 6.45) is 0. The van der Waals surface area contributed by atoms with Crippen molar-refractivity contribution in [1.29, 1.82) is 0 Å². The fraction of sp³-hybridized carbons (Fsp3) is 0.571. The van der Waals surface area contributed by atoms with Crippen LogP contribution < -0.4 is 5.32 Å². The summed E-state index contributed by atoms with van der Waals surface area (Å²) in [5.41, 5.74) is 1.38. The Labute approximate surface area is 99.7 Å². The Hall–Kier alpha value is -0.860. The quantitative estimate of drug-likeness (QED) is 0.792. The molecule has 2 nitrogen and oxygen atoms in total. The molecule has 0 bridgehead atoms. The molecule has 0 amide bonds. The van der Waals surface area contributed by atoms with Crippen molar-refractivity contribution < 1.29 is 0 Å². The molecule has 0 spiro atoms. The standard InChI is InChI=1S/C14H24N2/c1-12(2)10-15-11-14(16(3)4)13-8-6-5-7-9-13/h5-9,12,14-15H,10-11H2,1-4H3. The van der Waals surface area contributed by atoms with E-state index in [0.717, 1.165) is 13.1 Å². The van der Waals surface area contributed by atoms with Crippen LogP contribution in [0.15, 0.2) is 30.3 Å². The maximum Gasteiger partial charge on any atom is 0.0466 e. The Bertz CT molecular complexity index is 280. The highest BCUT2D eigenvalue weighted by molar-refractivity contribution is 5.19. The number of benzene rings is 1. The van der Waals surface area contributed by atoms with E-state index in [2.05, 4.69) is 68.5 Å². The summed E-state index contributed by atoms with van der Waals surface area (Å²) in [4.78, 5) is 2.27. The Morgan fingerprint density at radius 2 is 1.69 bits per heavy atom. The van der Waals surface area contributed by atoms with Gasteiger partial charge in [0.15, 0.2) is 0 Å². The van der Waals surface area contributed by atoms with Crippen LogP contribution in [0.4, 0.5) is 0 Å². The molecular formula is C14H24N2. The third kappa shape index (κ3) is 4.33. The summed E-state index contributed by atoms with van der Waals surface area (Å²) in [5, 5.41) is 3.52. The molecule has 1 rings (SSSR count). The number of hydrogen-bond donors (Lipinski definition) is 1. The summed E-state index contributed by atoms with van der Waals surface area (Å²) in [5.74, 6) is 0.707. The van der Waals surface area contributed by atoms with Gasteiger partial charge in [0.2, 0.25) is 0 Å². The maximum atomic E-state index is 3.52. The second-order valence-electron chi connectivity index (χ2n) is 4.94. The van der Waals surface area contributed by atoms with E-state index < -0.39 is 0 Å². The average molecular weight is 220 g/mol. The van der Waals surface area contributed by atoms with Gasteiger partial charge in [0, 0.05) is 12.6 Å². The van der Waals surface area contributed by atoms with Gasteiger partial charge in [-0.3, -0.25) is 0 Å². The molecule has 0 aliphatic rings. The number of likely N-dealkylation sites (N-methyl/N-ethyl adjacent to an activating group) is 1. The Kier molecular flexibility index (Phi) is 5.50. The smallest absolute Gasteiger partial charge is 0.0466 e. The molecule has 16 heavy (non-hydrogen) atoms. The van der Waals surface area contributed by atoms with Gasteiger partial charge in [-0.2, -0.15) is 0 Å². The molecule has 0 heterocycles. The highest BCUT2D eigenvalue weighted by Gasteiger charge is 2.12. The molecule has 90 valence electrons. The van der Waals surface area contributed by atoms with Gasteiger partial charge in [-0.15, -0.1) is 0 Å². The Morgan fingerprint density at radius 3 is 2.19 bits per heavy atom. The van der Waals surface area contributed by atoms with Crippen LogP contribution in [0.5, 0.6) is 0 Å². The van der Waals surface area contributed by atoms with E-state index in [4.69, 9.17) is 0 Å². The highest BCUT2D eigenvalue weighted by atomic mass is 15.1. The summed E-state index contributed by atoms with van der Waals surface area (Å²) in [6, 6.07) is 11.1. The van der Waals surface area contributed by atoms with Crippen LogP contribution in [0.2, 0.25) is 0 Å². The van der Waals surface area contributed by atoms with Gasteiger partial charge in [0.25, 0.3) is 0 Å². The van der Waals surface area contributed by atoms with Gasteiger partial charge >= 0.3 is 0 Å². The molecule has 1 unspecified atom stereocenters. The predicted octanol–water partition coefficient (Wildman–Crippen LogP) is 2.53. The van der Waals surface area contributed by atoms with Gasteiger partial charge in [-0.1, -0.05) is 44.2 Å². The second kappa shape index (κ2) is 6.66. The lowest BCUT2D eigenvalue weighted by atomic mass is 10.1. The molecule has 0 saturated heterocycles. The van der Waals surface area contributed by atoms with Gasteiger partial charge in [0.05, 0.1) is 0 Å². The van der Waals surface area contributed by atoms with Crippen LogP contribution in [-0.4, -0.2) is 32.1 Å². The Balaban J connectivity index is 2.55. The maximum absolute atomic E-state index is 3.52. The predicted molar refractivity (Wildman–Crippen MR) is 70.6 cm³/mol. The van der Waals surface area contributed by atoms with E-state index in [9.17, 15) is 0 Å². The van der Waals surface area contributed by atoms with Crippen molar-refractivity contribution >= 4 is 0 Å². The lowest BCUT2D eigenvalue weighted by molar-refractivity contribution is 0.285. The number of nitrogens with one attached hydrogen (secondary N) is 1. The molecule has 0 radical (unpaired) electrons. The van der Waals surface area contributed by atoms with Crippen molar-refractivity contribution in [2.45, 2.75) is 19.9 Å². The molecule has 1 aromatic carbocycles. The van der Waals surface area contributed by atoms with Crippen molar-refractivity contribution in [3.63, 3.8) is 0 Å².